The van der Waals surface area contributed by atoms with Crippen LogP contribution in [0.15, 0.2) is 42.5 Å². The van der Waals surface area contributed by atoms with Gasteiger partial charge in [0.25, 0.3) is 0 Å². The zero-order chi connectivity index (χ0) is 14.3. The summed E-state index contributed by atoms with van der Waals surface area (Å²) in [5.41, 5.74) is 10.2. The lowest BCUT2D eigenvalue weighted by Gasteiger charge is -2.16. The molecular weight excluding hydrogens is 272 g/mol. The molecule has 2 aromatic rings. The van der Waals surface area contributed by atoms with Gasteiger partial charge in [-0.1, -0.05) is 41.9 Å². The number of rotatable bonds is 2. The number of carbonyl (C=O) groups is 1. The molecule has 1 aliphatic rings. The van der Waals surface area contributed by atoms with E-state index in [1.165, 1.54) is 0 Å². The van der Waals surface area contributed by atoms with Crippen LogP contribution in [0.25, 0.3) is 0 Å². The molecule has 0 saturated carbocycles. The third kappa shape index (κ3) is 2.09. The second kappa shape index (κ2) is 4.93. The van der Waals surface area contributed by atoms with Gasteiger partial charge in [0.05, 0.1) is 12.5 Å². The van der Waals surface area contributed by atoms with E-state index in [0.717, 1.165) is 22.4 Å². The van der Waals surface area contributed by atoms with Crippen LogP contribution in [-0.2, 0) is 11.2 Å². The normalized spacial score (nSPS) is 15.3. The van der Waals surface area contributed by atoms with E-state index in [1.807, 2.05) is 42.5 Å². The van der Waals surface area contributed by atoms with E-state index >= 15 is 0 Å². The third-order valence-corrected chi connectivity index (χ3v) is 4.12. The Bertz CT molecular complexity index is 684. The van der Waals surface area contributed by atoms with E-state index in [2.05, 4.69) is 0 Å². The molecule has 1 atom stereocenters. The number of likely N-dealkylation sites (N-methyl/N-ethyl adjacent to an activating group) is 1. The Labute approximate surface area is 123 Å². The van der Waals surface area contributed by atoms with Gasteiger partial charge in [-0.3, -0.25) is 4.79 Å². The first-order chi connectivity index (χ1) is 9.58. The zero-order valence-corrected chi connectivity index (χ0v) is 11.9. The van der Waals surface area contributed by atoms with Gasteiger partial charge in [0.1, 0.15) is 0 Å². The van der Waals surface area contributed by atoms with E-state index in [9.17, 15) is 4.79 Å². The van der Waals surface area contributed by atoms with Crippen molar-refractivity contribution in [3.63, 3.8) is 0 Å². The minimum absolute atomic E-state index is 0.114. The summed E-state index contributed by atoms with van der Waals surface area (Å²) in [6, 6.07) is 13.2. The molecule has 3 nitrogen and oxygen atoms in total. The van der Waals surface area contributed by atoms with E-state index < -0.39 is 0 Å². The number of amides is 1. The van der Waals surface area contributed by atoms with Crippen molar-refractivity contribution in [2.45, 2.75) is 12.5 Å². The Balaban J connectivity index is 1.99. The van der Waals surface area contributed by atoms with Crippen LogP contribution in [0, 0.1) is 0 Å². The zero-order valence-electron chi connectivity index (χ0n) is 11.1. The van der Waals surface area contributed by atoms with Crippen molar-refractivity contribution in [3.05, 3.63) is 64.2 Å². The molecule has 3 rings (SSSR count). The predicted molar refractivity (Wildman–Crippen MR) is 81.0 cm³/mol. The van der Waals surface area contributed by atoms with E-state index in [4.69, 9.17) is 17.3 Å². The SMILES string of the molecule is CN1C(=O)Cc2cc(C(N)c3ccccc3Cl)ccc21. The Morgan fingerprint density at radius 2 is 2.00 bits per heavy atom. The summed E-state index contributed by atoms with van der Waals surface area (Å²) in [6.45, 7) is 0. The van der Waals surface area contributed by atoms with Crippen molar-refractivity contribution in [1.82, 2.24) is 0 Å². The van der Waals surface area contributed by atoms with Crippen LogP contribution >= 0.6 is 11.6 Å². The first-order valence-corrected chi connectivity index (χ1v) is 6.85. The molecule has 0 fully saturated rings. The number of nitrogens with two attached hydrogens (primary N) is 1. The Morgan fingerprint density at radius 1 is 1.25 bits per heavy atom. The number of fused-ring (bicyclic) bond motifs is 1. The molecule has 1 aliphatic heterocycles. The molecule has 0 aliphatic carbocycles. The van der Waals surface area contributed by atoms with Crippen molar-refractivity contribution in [2.75, 3.05) is 11.9 Å². The largest absolute Gasteiger partial charge is 0.320 e. The van der Waals surface area contributed by atoms with Crippen LogP contribution in [0.3, 0.4) is 0 Å². The van der Waals surface area contributed by atoms with Crippen molar-refractivity contribution in [1.29, 1.82) is 0 Å². The summed E-state index contributed by atoms with van der Waals surface area (Å²) in [5, 5.41) is 0.661. The molecule has 102 valence electrons. The van der Waals surface area contributed by atoms with Crippen LogP contribution in [0.5, 0.6) is 0 Å². The lowest BCUT2D eigenvalue weighted by atomic mass is 9.97. The fourth-order valence-corrected chi connectivity index (χ4v) is 2.84. The van der Waals surface area contributed by atoms with Crippen LogP contribution < -0.4 is 10.6 Å². The highest BCUT2D eigenvalue weighted by atomic mass is 35.5. The third-order valence-electron chi connectivity index (χ3n) is 3.78. The monoisotopic (exact) mass is 286 g/mol. The Morgan fingerprint density at radius 3 is 2.75 bits per heavy atom. The highest BCUT2D eigenvalue weighted by molar-refractivity contribution is 6.31. The number of hydrogen-bond donors (Lipinski definition) is 1. The van der Waals surface area contributed by atoms with Gasteiger partial charge in [-0.05, 0) is 28.8 Å². The average Bonchev–Trinajstić information content (AvgIpc) is 2.73. The number of hydrogen-bond acceptors (Lipinski definition) is 2. The molecular formula is C16H15ClN2O. The predicted octanol–water partition coefficient (Wildman–Crippen LogP) is 2.91. The summed E-state index contributed by atoms with van der Waals surface area (Å²) in [4.78, 5) is 13.4. The molecule has 2 aromatic carbocycles. The Hall–Kier alpha value is -1.84. The topological polar surface area (TPSA) is 46.3 Å². The maximum atomic E-state index is 11.7. The first-order valence-electron chi connectivity index (χ1n) is 6.47. The van der Waals surface area contributed by atoms with Crippen molar-refractivity contribution >= 4 is 23.2 Å². The molecule has 0 radical (unpaired) electrons. The smallest absolute Gasteiger partial charge is 0.231 e. The number of benzene rings is 2. The van der Waals surface area contributed by atoms with Crippen molar-refractivity contribution in [3.8, 4) is 0 Å². The molecule has 1 unspecified atom stereocenters. The summed E-state index contributed by atoms with van der Waals surface area (Å²) in [5.74, 6) is 0.114. The molecule has 0 bridgehead atoms. The highest BCUT2D eigenvalue weighted by Gasteiger charge is 2.25. The molecule has 2 N–H and O–H groups in total. The molecule has 0 saturated heterocycles. The minimum atomic E-state index is -0.282. The van der Waals surface area contributed by atoms with Gasteiger partial charge in [-0.25, -0.2) is 0 Å². The second-order valence-electron chi connectivity index (χ2n) is 5.02. The first kappa shape index (κ1) is 13.2. The standard InChI is InChI=1S/C16H15ClN2O/c1-19-14-7-6-10(8-11(14)9-15(19)20)16(18)12-4-2-3-5-13(12)17/h2-8,16H,9,18H2,1H3. The second-order valence-corrected chi connectivity index (χ2v) is 5.42. The Kier molecular flexibility index (Phi) is 3.24. The maximum absolute atomic E-state index is 11.7. The molecule has 20 heavy (non-hydrogen) atoms. The van der Waals surface area contributed by atoms with Gasteiger partial charge in [0.15, 0.2) is 0 Å². The summed E-state index contributed by atoms with van der Waals surface area (Å²) >= 11 is 6.19. The lowest BCUT2D eigenvalue weighted by Crippen LogP contribution is -2.20. The van der Waals surface area contributed by atoms with Gasteiger partial charge >= 0.3 is 0 Å². The fourth-order valence-electron chi connectivity index (χ4n) is 2.59. The van der Waals surface area contributed by atoms with E-state index in [1.54, 1.807) is 11.9 Å². The van der Waals surface area contributed by atoms with Crippen molar-refractivity contribution in [2.24, 2.45) is 5.73 Å². The quantitative estimate of drug-likeness (QED) is 0.923. The number of carbonyl (C=O) groups excluding carboxylic acids is 1. The number of anilines is 1. The fraction of sp³-hybridized carbons (Fsp3) is 0.188. The van der Waals surface area contributed by atoms with Gasteiger partial charge in [-0.15, -0.1) is 0 Å². The lowest BCUT2D eigenvalue weighted by molar-refractivity contribution is -0.117. The minimum Gasteiger partial charge on any atom is -0.320 e. The summed E-state index contributed by atoms with van der Waals surface area (Å²) in [7, 11) is 1.79. The van der Waals surface area contributed by atoms with Gasteiger partial charge < -0.3 is 10.6 Å². The van der Waals surface area contributed by atoms with Crippen LogP contribution in [0.2, 0.25) is 5.02 Å². The highest BCUT2D eigenvalue weighted by Crippen LogP contribution is 2.32. The average molecular weight is 287 g/mol. The molecule has 1 amide bonds. The van der Waals surface area contributed by atoms with Gasteiger partial charge in [0.2, 0.25) is 5.91 Å². The molecule has 0 spiro atoms. The van der Waals surface area contributed by atoms with Crippen LogP contribution in [0.4, 0.5) is 5.69 Å². The van der Waals surface area contributed by atoms with E-state index in [-0.39, 0.29) is 11.9 Å². The molecule has 1 heterocycles. The van der Waals surface area contributed by atoms with Gasteiger partial charge in [-0.2, -0.15) is 0 Å². The van der Waals surface area contributed by atoms with Crippen LogP contribution in [0.1, 0.15) is 22.7 Å². The summed E-state index contributed by atoms with van der Waals surface area (Å²) in [6.07, 6.45) is 0.439. The number of nitrogens with zero attached hydrogens (tertiary/aromatic N) is 1. The molecule has 0 aromatic heterocycles. The maximum Gasteiger partial charge on any atom is 0.231 e. The molecule has 4 heteroatoms. The van der Waals surface area contributed by atoms with Crippen LogP contribution in [-0.4, -0.2) is 13.0 Å². The van der Waals surface area contributed by atoms with E-state index in [0.29, 0.717) is 11.4 Å². The van der Waals surface area contributed by atoms with Gasteiger partial charge in [0, 0.05) is 17.8 Å². The summed E-state index contributed by atoms with van der Waals surface area (Å²) < 4.78 is 0. The van der Waals surface area contributed by atoms with Crippen molar-refractivity contribution < 1.29 is 4.79 Å². The number of halogens is 1.